The summed E-state index contributed by atoms with van der Waals surface area (Å²) in [6.07, 6.45) is 1.19. The smallest absolute Gasteiger partial charge is 0.314 e. The van der Waals surface area contributed by atoms with Crippen LogP contribution in [0, 0.1) is 21.4 Å². The van der Waals surface area contributed by atoms with Gasteiger partial charge in [-0.25, -0.2) is 0 Å². The van der Waals surface area contributed by atoms with Crippen molar-refractivity contribution in [1.29, 1.82) is 5.26 Å². The molecule has 1 atom stereocenters. The molecule has 0 heterocycles. The zero-order chi connectivity index (χ0) is 15.9. The van der Waals surface area contributed by atoms with Crippen molar-refractivity contribution < 1.29 is 14.4 Å². The van der Waals surface area contributed by atoms with Gasteiger partial charge in [-0.3, -0.25) is 10.1 Å². The molecule has 1 aromatic rings. The monoisotopic (exact) mass is 293 g/mol. The molecule has 0 bridgehead atoms. The molecule has 0 radical (unpaired) electrons. The fourth-order valence-electron chi connectivity index (χ4n) is 1.73. The third-order valence-electron chi connectivity index (χ3n) is 3.24. The molecule has 0 aromatic heterocycles. The first kappa shape index (κ1) is 16.7. The van der Waals surface area contributed by atoms with E-state index in [1.807, 2.05) is 0 Å². The number of nitriles is 1. The van der Waals surface area contributed by atoms with Crippen LogP contribution in [-0.2, 0) is 0 Å². The Hall–Kier alpha value is -2.33. The molecule has 1 N–H and O–H groups in total. The maximum atomic E-state index is 11.0. The Morgan fingerprint density at radius 2 is 2.24 bits per heavy atom. The van der Waals surface area contributed by atoms with Crippen molar-refractivity contribution in [3.8, 4) is 17.6 Å². The van der Waals surface area contributed by atoms with Gasteiger partial charge in [-0.05, 0) is 38.9 Å². The van der Waals surface area contributed by atoms with Crippen LogP contribution in [0.15, 0.2) is 18.2 Å². The van der Waals surface area contributed by atoms with E-state index < -0.39 is 10.5 Å². The number of nitro benzene ring substituents is 1. The SMILES string of the molecule is CNC(C)(C#N)CCCOc1ccc(OC)cc1[N+](=O)[O-]. The lowest BCUT2D eigenvalue weighted by Crippen LogP contribution is -2.38. The van der Waals surface area contributed by atoms with E-state index in [1.54, 1.807) is 20.0 Å². The van der Waals surface area contributed by atoms with Crippen molar-refractivity contribution >= 4 is 5.69 Å². The quantitative estimate of drug-likeness (QED) is 0.448. The molecular formula is C14H19N3O4. The predicted octanol–water partition coefficient (Wildman–Crippen LogP) is 2.26. The van der Waals surface area contributed by atoms with Crippen LogP contribution in [0.4, 0.5) is 5.69 Å². The average Bonchev–Trinajstić information content (AvgIpc) is 2.51. The van der Waals surface area contributed by atoms with Crippen LogP contribution < -0.4 is 14.8 Å². The molecule has 0 saturated carbocycles. The largest absolute Gasteiger partial charge is 0.496 e. The number of hydrogen-bond acceptors (Lipinski definition) is 6. The van der Waals surface area contributed by atoms with Crippen molar-refractivity contribution in [2.24, 2.45) is 0 Å². The van der Waals surface area contributed by atoms with E-state index in [1.165, 1.54) is 19.2 Å². The Balaban J connectivity index is 2.64. The molecule has 1 unspecified atom stereocenters. The van der Waals surface area contributed by atoms with E-state index >= 15 is 0 Å². The van der Waals surface area contributed by atoms with Crippen molar-refractivity contribution in [3.05, 3.63) is 28.3 Å². The molecule has 0 spiro atoms. The molecule has 0 fully saturated rings. The molecular weight excluding hydrogens is 274 g/mol. The fourth-order valence-corrected chi connectivity index (χ4v) is 1.73. The first-order chi connectivity index (χ1) is 9.95. The number of benzene rings is 1. The van der Waals surface area contributed by atoms with E-state index in [9.17, 15) is 10.1 Å². The Kier molecular flexibility index (Phi) is 5.93. The summed E-state index contributed by atoms with van der Waals surface area (Å²) in [6.45, 7) is 2.09. The lowest BCUT2D eigenvalue weighted by Gasteiger charge is -2.20. The highest BCUT2D eigenvalue weighted by molar-refractivity contribution is 5.50. The van der Waals surface area contributed by atoms with Crippen LogP contribution in [0.1, 0.15) is 19.8 Å². The lowest BCUT2D eigenvalue weighted by molar-refractivity contribution is -0.385. The molecule has 0 aliphatic carbocycles. The molecule has 7 nitrogen and oxygen atoms in total. The van der Waals surface area contributed by atoms with Gasteiger partial charge in [-0.1, -0.05) is 0 Å². The molecule has 0 amide bonds. The van der Waals surface area contributed by atoms with E-state index in [4.69, 9.17) is 14.7 Å². The second-order valence-electron chi connectivity index (χ2n) is 4.74. The lowest BCUT2D eigenvalue weighted by atomic mass is 9.98. The van der Waals surface area contributed by atoms with Crippen molar-refractivity contribution in [2.75, 3.05) is 20.8 Å². The number of nitro groups is 1. The second kappa shape index (κ2) is 7.45. The molecule has 0 aliphatic rings. The van der Waals surface area contributed by atoms with Crippen molar-refractivity contribution in [2.45, 2.75) is 25.3 Å². The van der Waals surface area contributed by atoms with Gasteiger partial charge in [0.2, 0.25) is 0 Å². The number of rotatable bonds is 8. The Bertz CT molecular complexity index is 542. The third-order valence-corrected chi connectivity index (χ3v) is 3.24. The van der Waals surface area contributed by atoms with Crippen molar-refractivity contribution in [1.82, 2.24) is 5.32 Å². The number of methoxy groups -OCH3 is 1. The van der Waals surface area contributed by atoms with E-state index in [2.05, 4.69) is 11.4 Å². The Morgan fingerprint density at radius 3 is 2.76 bits per heavy atom. The molecule has 114 valence electrons. The van der Waals surface area contributed by atoms with Crippen LogP contribution >= 0.6 is 0 Å². The minimum absolute atomic E-state index is 0.133. The van der Waals surface area contributed by atoms with Crippen LogP contribution in [0.2, 0.25) is 0 Å². The van der Waals surface area contributed by atoms with E-state index in [0.717, 1.165) is 0 Å². The van der Waals surface area contributed by atoms with Gasteiger partial charge in [-0.2, -0.15) is 5.26 Å². The summed E-state index contributed by atoms with van der Waals surface area (Å²) in [7, 11) is 3.17. The van der Waals surface area contributed by atoms with Gasteiger partial charge in [0.1, 0.15) is 11.3 Å². The maximum absolute atomic E-state index is 11.0. The van der Waals surface area contributed by atoms with Crippen molar-refractivity contribution in [3.63, 3.8) is 0 Å². The van der Waals surface area contributed by atoms with Gasteiger partial charge in [0.05, 0.1) is 30.8 Å². The highest BCUT2D eigenvalue weighted by Crippen LogP contribution is 2.31. The summed E-state index contributed by atoms with van der Waals surface area (Å²) < 4.78 is 10.4. The molecule has 1 aromatic carbocycles. The van der Waals surface area contributed by atoms with Crippen LogP contribution in [0.5, 0.6) is 11.5 Å². The second-order valence-corrected chi connectivity index (χ2v) is 4.74. The zero-order valence-corrected chi connectivity index (χ0v) is 12.4. The van der Waals surface area contributed by atoms with Crippen LogP contribution in [0.3, 0.4) is 0 Å². The summed E-state index contributed by atoms with van der Waals surface area (Å²) in [4.78, 5) is 10.5. The number of nitrogens with zero attached hydrogens (tertiary/aromatic N) is 2. The minimum Gasteiger partial charge on any atom is -0.496 e. The van der Waals surface area contributed by atoms with Gasteiger partial charge < -0.3 is 14.8 Å². The fraction of sp³-hybridized carbons (Fsp3) is 0.500. The normalized spacial score (nSPS) is 13.0. The standard InChI is InChI=1S/C14H19N3O4/c1-14(10-15,16-2)7-4-8-21-13-6-5-11(20-3)9-12(13)17(18)19/h5-6,9,16H,4,7-8H2,1-3H3. The third kappa shape index (κ3) is 4.61. The van der Waals surface area contributed by atoms with Gasteiger partial charge >= 0.3 is 5.69 Å². The molecule has 7 heteroatoms. The number of hydrogen-bond donors (Lipinski definition) is 1. The minimum atomic E-state index is -0.616. The highest BCUT2D eigenvalue weighted by atomic mass is 16.6. The van der Waals surface area contributed by atoms with Gasteiger partial charge in [0, 0.05) is 0 Å². The summed E-state index contributed by atoms with van der Waals surface area (Å²) in [5.41, 5.74) is -0.749. The summed E-state index contributed by atoms with van der Waals surface area (Å²) >= 11 is 0. The first-order valence-electron chi connectivity index (χ1n) is 6.51. The summed E-state index contributed by atoms with van der Waals surface area (Å²) in [6, 6.07) is 6.62. The van der Waals surface area contributed by atoms with E-state index in [0.29, 0.717) is 25.2 Å². The molecule has 0 aliphatic heterocycles. The molecule has 0 saturated heterocycles. The average molecular weight is 293 g/mol. The Morgan fingerprint density at radius 1 is 1.52 bits per heavy atom. The van der Waals surface area contributed by atoms with Crippen LogP contribution in [0.25, 0.3) is 0 Å². The zero-order valence-electron chi connectivity index (χ0n) is 12.4. The molecule has 1 rings (SSSR count). The number of ether oxygens (including phenoxy) is 2. The predicted molar refractivity (Wildman–Crippen MR) is 77.5 cm³/mol. The van der Waals surface area contributed by atoms with E-state index in [-0.39, 0.29) is 11.4 Å². The van der Waals surface area contributed by atoms with Gasteiger partial charge in [0.25, 0.3) is 0 Å². The highest BCUT2D eigenvalue weighted by Gasteiger charge is 2.21. The van der Waals surface area contributed by atoms with Gasteiger partial charge in [-0.15, -0.1) is 0 Å². The van der Waals surface area contributed by atoms with Crippen LogP contribution in [-0.4, -0.2) is 31.2 Å². The molecule has 21 heavy (non-hydrogen) atoms. The Labute approximate surface area is 123 Å². The topological polar surface area (TPSA) is 97.4 Å². The van der Waals surface area contributed by atoms with Gasteiger partial charge in [0.15, 0.2) is 5.75 Å². The summed E-state index contributed by atoms with van der Waals surface area (Å²) in [5.74, 6) is 0.602. The maximum Gasteiger partial charge on any atom is 0.314 e. The summed E-state index contributed by atoms with van der Waals surface area (Å²) in [5, 5.41) is 22.9. The first-order valence-corrected chi connectivity index (χ1v) is 6.51. The number of nitrogens with one attached hydrogen (secondary N) is 1.